The summed E-state index contributed by atoms with van der Waals surface area (Å²) in [4.78, 5) is 4.59. The Balaban J connectivity index is 1.64. The van der Waals surface area contributed by atoms with Crippen LogP contribution in [0.3, 0.4) is 0 Å². The lowest BCUT2D eigenvalue weighted by Crippen LogP contribution is -2.37. The molecule has 0 unspecified atom stereocenters. The van der Waals surface area contributed by atoms with Crippen LogP contribution in [0.4, 0.5) is 4.39 Å². The van der Waals surface area contributed by atoms with Crippen molar-refractivity contribution in [2.45, 2.75) is 12.8 Å². The molecule has 1 aliphatic heterocycles. The molecule has 152 valence electrons. The van der Waals surface area contributed by atoms with Gasteiger partial charge < -0.3 is 9.73 Å². The van der Waals surface area contributed by atoms with Crippen molar-refractivity contribution in [2.24, 2.45) is 5.92 Å². The molecule has 0 amide bonds. The minimum Gasteiger partial charge on any atom is -0.432 e. The lowest BCUT2D eigenvalue weighted by molar-refractivity contribution is 0.447. The summed E-state index contributed by atoms with van der Waals surface area (Å²) in [5.41, 5.74) is 3.26. The molecule has 0 aliphatic carbocycles. The molecule has 3 N–H and O–H groups in total. The molecule has 1 aromatic carbocycles. The highest BCUT2D eigenvalue weighted by atomic mass is 19.1. The summed E-state index contributed by atoms with van der Waals surface area (Å²) >= 11 is 0. The Bertz CT molecular complexity index is 1280. The third-order valence-corrected chi connectivity index (χ3v) is 5.59. The Morgan fingerprint density at radius 1 is 1.10 bits per heavy atom. The van der Waals surface area contributed by atoms with E-state index < -0.39 is 0 Å². The summed E-state index contributed by atoms with van der Waals surface area (Å²) in [6.45, 7) is 1.77. The van der Waals surface area contributed by atoms with Crippen LogP contribution >= 0.6 is 0 Å². The predicted molar refractivity (Wildman–Crippen MR) is 111 cm³/mol. The lowest BCUT2D eigenvalue weighted by Gasteiger charge is -2.24. The van der Waals surface area contributed by atoms with Crippen molar-refractivity contribution in [3.8, 4) is 22.5 Å². The van der Waals surface area contributed by atoms with Crippen molar-refractivity contribution < 1.29 is 8.81 Å². The van der Waals surface area contributed by atoms with E-state index in [0.29, 0.717) is 17.4 Å². The lowest BCUT2D eigenvalue weighted by atomic mass is 9.96. The highest BCUT2D eigenvalue weighted by molar-refractivity contribution is 5.86. The fraction of sp³-hybridized carbons (Fsp3) is 0.227. The third-order valence-electron chi connectivity index (χ3n) is 5.59. The first kappa shape index (κ1) is 18.5. The van der Waals surface area contributed by atoms with E-state index in [1.165, 1.54) is 12.1 Å². The van der Waals surface area contributed by atoms with Gasteiger partial charge in [0.15, 0.2) is 0 Å². The number of oxazole rings is 1. The fourth-order valence-corrected chi connectivity index (χ4v) is 4.00. The highest BCUT2D eigenvalue weighted by Gasteiger charge is 2.22. The van der Waals surface area contributed by atoms with E-state index in [-0.39, 0.29) is 17.2 Å². The number of nitrogens with zero attached hydrogens (tertiary/aromatic N) is 3. The van der Waals surface area contributed by atoms with Gasteiger partial charge in [-0.05, 0) is 62.3 Å². The summed E-state index contributed by atoms with van der Waals surface area (Å²) in [6.07, 6.45) is 6.92. The Kier molecular flexibility index (Phi) is 4.55. The van der Waals surface area contributed by atoms with Crippen LogP contribution in [0.2, 0.25) is 0 Å². The maximum absolute atomic E-state index is 13.4. The number of aromatic nitrogens is 3. The number of fused-ring (bicyclic) bond motifs is 1. The Hall–Kier alpha value is -3.52. The molecule has 1 fully saturated rings. The number of benzene rings is 1. The van der Waals surface area contributed by atoms with Gasteiger partial charge in [-0.1, -0.05) is 0 Å². The molecule has 0 spiro atoms. The van der Waals surface area contributed by atoms with E-state index in [1.54, 1.807) is 35.2 Å². The molecule has 8 heteroatoms. The van der Waals surface area contributed by atoms with E-state index in [9.17, 15) is 4.39 Å². The van der Waals surface area contributed by atoms with Crippen molar-refractivity contribution in [1.82, 2.24) is 19.3 Å². The van der Waals surface area contributed by atoms with Gasteiger partial charge in [-0.3, -0.25) is 19.8 Å². The summed E-state index contributed by atoms with van der Waals surface area (Å²) in [6, 6.07) is 9.71. The predicted octanol–water partition coefficient (Wildman–Crippen LogP) is 3.51. The normalized spacial score (nSPS) is 15.0. The number of piperidine rings is 1. The topological polar surface area (TPSA) is 95.1 Å². The number of rotatable bonds is 3. The van der Waals surface area contributed by atoms with Gasteiger partial charge in [0.1, 0.15) is 29.1 Å². The molecule has 7 nitrogen and oxygen atoms in total. The quantitative estimate of drug-likeness (QED) is 0.360. The van der Waals surface area contributed by atoms with Crippen LogP contribution in [-0.2, 0) is 0 Å². The van der Waals surface area contributed by atoms with Crippen LogP contribution < -0.4 is 10.8 Å². The van der Waals surface area contributed by atoms with Gasteiger partial charge in [0.25, 0.3) is 0 Å². The maximum atomic E-state index is 13.4. The molecule has 0 saturated carbocycles. The van der Waals surface area contributed by atoms with E-state index in [1.807, 2.05) is 16.7 Å². The molecular weight excluding hydrogens is 383 g/mol. The second-order valence-corrected chi connectivity index (χ2v) is 7.45. The molecule has 3 aromatic heterocycles. The number of nitrogens with one attached hydrogen (secondary N) is 3. The van der Waals surface area contributed by atoms with Gasteiger partial charge in [0.2, 0.25) is 0 Å². The van der Waals surface area contributed by atoms with E-state index in [2.05, 4.69) is 10.3 Å². The zero-order valence-corrected chi connectivity index (χ0v) is 16.2. The molecule has 5 rings (SSSR count). The van der Waals surface area contributed by atoms with Crippen molar-refractivity contribution in [2.75, 3.05) is 13.1 Å². The molecule has 1 aliphatic rings. The zero-order valence-electron chi connectivity index (χ0n) is 16.2. The first-order valence-corrected chi connectivity index (χ1v) is 9.90. The second-order valence-electron chi connectivity index (χ2n) is 7.45. The molecule has 0 radical (unpaired) electrons. The fourth-order valence-electron chi connectivity index (χ4n) is 4.00. The van der Waals surface area contributed by atoms with Gasteiger partial charge in [0, 0.05) is 29.4 Å². The molecule has 1 saturated heterocycles. The Morgan fingerprint density at radius 2 is 1.83 bits per heavy atom. The summed E-state index contributed by atoms with van der Waals surface area (Å²) in [5, 5.41) is 20.3. The van der Waals surface area contributed by atoms with Crippen molar-refractivity contribution >= 4 is 11.7 Å². The average Bonchev–Trinajstić information content (AvgIpc) is 3.36. The summed E-state index contributed by atoms with van der Waals surface area (Å²) in [7, 11) is 0. The Morgan fingerprint density at radius 3 is 2.60 bits per heavy atom. The second kappa shape index (κ2) is 7.38. The number of halogens is 1. The number of hydrogen-bond donors (Lipinski definition) is 3. The van der Waals surface area contributed by atoms with Crippen molar-refractivity contribution in [1.29, 1.82) is 10.8 Å². The number of pyridine rings is 1. The summed E-state index contributed by atoms with van der Waals surface area (Å²) in [5.74, 6) is 0.667. The van der Waals surface area contributed by atoms with Crippen LogP contribution in [-0.4, -0.2) is 32.9 Å². The molecule has 4 aromatic rings. The van der Waals surface area contributed by atoms with Crippen molar-refractivity contribution in [3.05, 3.63) is 66.4 Å². The average molecular weight is 404 g/mol. The SMILES string of the molecule is N=C(C1CCNCC1)n1cc(-c2c(-c3ccc(F)cc3)nc3occn23)ccc1=N. The van der Waals surface area contributed by atoms with Gasteiger partial charge in [-0.15, -0.1) is 0 Å². The van der Waals surface area contributed by atoms with Crippen LogP contribution in [0.1, 0.15) is 12.8 Å². The van der Waals surface area contributed by atoms with Gasteiger partial charge in [0.05, 0.1) is 5.69 Å². The molecule has 0 bridgehead atoms. The van der Waals surface area contributed by atoms with Gasteiger partial charge in [-0.25, -0.2) is 4.39 Å². The third kappa shape index (κ3) is 3.15. The molecular formula is C22H21FN6O. The minimum atomic E-state index is -0.310. The highest BCUT2D eigenvalue weighted by Crippen LogP contribution is 2.33. The number of imidazole rings is 1. The number of hydrogen-bond acceptors (Lipinski definition) is 5. The van der Waals surface area contributed by atoms with Gasteiger partial charge in [-0.2, -0.15) is 4.98 Å². The van der Waals surface area contributed by atoms with Crippen LogP contribution in [0.5, 0.6) is 0 Å². The van der Waals surface area contributed by atoms with E-state index in [0.717, 1.165) is 42.8 Å². The minimum absolute atomic E-state index is 0.117. The summed E-state index contributed by atoms with van der Waals surface area (Å²) < 4.78 is 22.4. The first-order chi connectivity index (χ1) is 14.6. The smallest absolute Gasteiger partial charge is 0.306 e. The monoisotopic (exact) mass is 404 g/mol. The van der Waals surface area contributed by atoms with Gasteiger partial charge >= 0.3 is 5.84 Å². The first-order valence-electron chi connectivity index (χ1n) is 9.90. The maximum Gasteiger partial charge on any atom is 0.306 e. The van der Waals surface area contributed by atoms with E-state index >= 15 is 0 Å². The van der Waals surface area contributed by atoms with Crippen molar-refractivity contribution in [3.63, 3.8) is 0 Å². The standard InChI is InChI=1S/C22H21FN6O/c23-17-4-1-14(2-5-17)19-20(28-11-12-30-22(28)27-19)16-3-6-18(24)29(13-16)21(25)15-7-9-26-10-8-15/h1-6,11-13,15,24-26H,7-10H2. The molecule has 0 atom stereocenters. The zero-order chi connectivity index (χ0) is 20.7. The molecule has 4 heterocycles. The Labute approximate surface area is 171 Å². The van der Waals surface area contributed by atoms with Crippen LogP contribution in [0, 0.1) is 22.6 Å². The largest absolute Gasteiger partial charge is 0.432 e. The van der Waals surface area contributed by atoms with Crippen LogP contribution in [0.25, 0.3) is 28.4 Å². The van der Waals surface area contributed by atoms with Crippen LogP contribution in [0.15, 0.2) is 59.5 Å². The van der Waals surface area contributed by atoms with E-state index in [4.69, 9.17) is 15.2 Å². The molecule has 30 heavy (non-hydrogen) atoms.